The van der Waals surface area contributed by atoms with Gasteiger partial charge >= 0.3 is 0 Å². The molecule has 2 unspecified atom stereocenters. The molecule has 43 heavy (non-hydrogen) atoms. The second-order valence-corrected chi connectivity index (χ2v) is 12.7. The van der Waals surface area contributed by atoms with E-state index in [1.165, 1.54) is 4.90 Å². The van der Waals surface area contributed by atoms with Crippen LogP contribution in [0.15, 0.2) is 42.5 Å². The molecule has 0 aliphatic carbocycles. The van der Waals surface area contributed by atoms with Crippen molar-refractivity contribution in [2.45, 2.75) is 63.1 Å². The predicted molar refractivity (Wildman–Crippen MR) is 161 cm³/mol. The fraction of sp³-hybridized carbons (Fsp3) is 0.469. The number of alkyl halides is 2. The number of likely N-dealkylation sites (tertiary alicyclic amines) is 1. The number of fused-ring (bicyclic) bond motifs is 1. The molecule has 4 aliphatic heterocycles. The lowest BCUT2D eigenvalue weighted by Gasteiger charge is -2.44. The maximum absolute atomic E-state index is 15.4. The van der Waals surface area contributed by atoms with Gasteiger partial charge in [0.05, 0.1) is 22.6 Å². The van der Waals surface area contributed by atoms with Gasteiger partial charge in [-0.2, -0.15) is 0 Å². The van der Waals surface area contributed by atoms with E-state index in [-0.39, 0.29) is 24.8 Å². The molecule has 228 valence electrons. The summed E-state index contributed by atoms with van der Waals surface area (Å²) in [6.45, 7) is 2.26. The van der Waals surface area contributed by atoms with Crippen LogP contribution in [0, 0.1) is 0 Å². The summed E-state index contributed by atoms with van der Waals surface area (Å²) in [6, 6.07) is 9.74. The second kappa shape index (κ2) is 12.3. The number of nitrogens with zero attached hydrogens (tertiary/aromatic N) is 3. The molecular formula is C32H34Cl2F2N4O3. The Morgan fingerprint density at radius 3 is 2.58 bits per heavy atom. The molecule has 6 rings (SSSR count). The summed E-state index contributed by atoms with van der Waals surface area (Å²) in [5, 5.41) is 3.31. The molecule has 2 saturated heterocycles. The van der Waals surface area contributed by atoms with Gasteiger partial charge in [-0.3, -0.25) is 29.5 Å². The minimum Gasteiger partial charge on any atom is -0.322 e. The molecule has 4 heterocycles. The first kappa shape index (κ1) is 30.2. The van der Waals surface area contributed by atoms with E-state index in [1.54, 1.807) is 12.1 Å². The minimum absolute atomic E-state index is 0.199. The number of carbonyl (C=O) groups excluding carboxylic acids is 3. The number of imide groups is 1. The Morgan fingerprint density at radius 1 is 1.00 bits per heavy atom. The Balaban J connectivity index is 0.998. The Bertz CT molecular complexity index is 1480. The normalized spacial score (nSPS) is 24.6. The van der Waals surface area contributed by atoms with Gasteiger partial charge in [0, 0.05) is 38.2 Å². The minimum atomic E-state index is -2.81. The van der Waals surface area contributed by atoms with Crippen molar-refractivity contribution in [3.05, 3.63) is 74.8 Å². The lowest BCUT2D eigenvalue weighted by atomic mass is 9.94. The van der Waals surface area contributed by atoms with E-state index in [4.69, 9.17) is 23.2 Å². The van der Waals surface area contributed by atoms with E-state index in [0.29, 0.717) is 74.0 Å². The maximum Gasteiger partial charge on any atom is 0.275 e. The quantitative estimate of drug-likeness (QED) is 0.427. The van der Waals surface area contributed by atoms with Gasteiger partial charge in [0.2, 0.25) is 11.8 Å². The van der Waals surface area contributed by atoms with Crippen LogP contribution in [0.4, 0.5) is 8.78 Å². The highest BCUT2D eigenvalue weighted by Gasteiger charge is 2.47. The number of aryl methyl sites for hydroxylation is 1. The molecule has 2 aromatic rings. The lowest BCUT2D eigenvalue weighted by molar-refractivity contribution is -0.136. The van der Waals surface area contributed by atoms with Crippen LogP contribution < -0.4 is 5.32 Å². The molecule has 0 radical (unpaired) electrons. The van der Waals surface area contributed by atoms with Gasteiger partial charge in [0.15, 0.2) is 0 Å². The van der Waals surface area contributed by atoms with E-state index in [9.17, 15) is 14.4 Å². The van der Waals surface area contributed by atoms with Crippen LogP contribution >= 0.6 is 23.2 Å². The van der Waals surface area contributed by atoms with Crippen LogP contribution in [0.1, 0.15) is 59.2 Å². The van der Waals surface area contributed by atoms with Crippen LogP contribution in [-0.2, 0) is 22.6 Å². The molecule has 0 saturated carbocycles. The van der Waals surface area contributed by atoms with Crippen molar-refractivity contribution in [2.24, 2.45) is 0 Å². The van der Waals surface area contributed by atoms with Crippen LogP contribution in [0.3, 0.4) is 0 Å². The smallest absolute Gasteiger partial charge is 0.275 e. The summed E-state index contributed by atoms with van der Waals surface area (Å²) in [4.78, 5) is 42.0. The van der Waals surface area contributed by atoms with E-state index in [2.05, 4.69) is 5.32 Å². The molecule has 7 nitrogen and oxygen atoms in total. The van der Waals surface area contributed by atoms with E-state index >= 15 is 8.78 Å². The first-order valence-corrected chi connectivity index (χ1v) is 15.6. The number of piperidine rings is 2. The number of amides is 3. The van der Waals surface area contributed by atoms with E-state index < -0.39 is 23.9 Å². The topological polar surface area (TPSA) is 73.0 Å². The third-order valence-electron chi connectivity index (χ3n) is 9.15. The monoisotopic (exact) mass is 630 g/mol. The number of nitrogens with one attached hydrogen (secondary N) is 1. The molecule has 0 bridgehead atoms. The zero-order chi connectivity index (χ0) is 30.3. The van der Waals surface area contributed by atoms with Crippen LogP contribution in [0.5, 0.6) is 0 Å². The van der Waals surface area contributed by atoms with Gasteiger partial charge < -0.3 is 4.90 Å². The molecule has 2 atom stereocenters. The molecule has 2 fully saturated rings. The maximum atomic E-state index is 15.4. The van der Waals surface area contributed by atoms with Crippen molar-refractivity contribution < 1.29 is 23.2 Å². The highest BCUT2D eigenvalue weighted by molar-refractivity contribution is 6.43. The van der Waals surface area contributed by atoms with Crippen molar-refractivity contribution in [1.29, 1.82) is 0 Å². The largest absolute Gasteiger partial charge is 0.322 e. The van der Waals surface area contributed by atoms with E-state index in [0.717, 1.165) is 28.7 Å². The Labute approximate surface area is 259 Å². The van der Waals surface area contributed by atoms with Crippen molar-refractivity contribution in [3.8, 4) is 0 Å². The highest BCUT2D eigenvalue weighted by Crippen LogP contribution is 2.37. The first-order chi connectivity index (χ1) is 20.6. The molecule has 11 heteroatoms. The number of halogens is 4. The number of rotatable bonds is 7. The van der Waals surface area contributed by atoms with Crippen molar-refractivity contribution in [2.75, 3.05) is 32.7 Å². The van der Waals surface area contributed by atoms with Crippen LogP contribution in [0.25, 0.3) is 5.57 Å². The van der Waals surface area contributed by atoms with Gasteiger partial charge in [0.25, 0.3) is 11.8 Å². The van der Waals surface area contributed by atoms with Gasteiger partial charge in [-0.15, -0.1) is 0 Å². The molecule has 3 amide bonds. The van der Waals surface area contributed by atoms with Crippen LogP contribution in [0.2, 0.25) is 10.0 Å². The zero-order valence-corrected chi connectivity index (χ0v) is 25.3. The summed E-state index contributed by atoms with van der Waals surface area (Å²) in [5.41, 5.74) is 4.39. The number of benzene rings is 2. The number of hydrogen-bond donors (Lipinski definition) is 1. The fourth-order valence-electron chi connectivity index (χ4n) is 6.89. The molecule has 0 spiro atoms. The number of carbonyl (C=O) groups is 3. The third kappa shape index (κ3) is 6.23. The molecule has 1 N–H and O–H groups in total. The van der Waals surface area contributed by atoms with Crippen molar-refractivity contribution in [1.82, 2.24) is 20.0 Å². The van der Waals surface area contributed by atoms with Crippen molar-refractivity contribution in [3.63, 3.8) is 0 Å². The summed E-state index contributed by atoms with van der Waals surface area (Å²) in [7, 11) is 0. The van der Waals surface area contributed by atoms with Crippen molar-refractivity contribution >= 4 is 46.5 Å². The lowest BCUT2D eigenvalue weighted by Crippen LogP contribution is -2.59. The van der Waals surface area contributed by atoms with Gasteiger partial charge in [0.1, 0.15) is 6.04 Å². The first-order valence-electron chi connectivity index (χ1n) is 14.8. The fourth-order valence-corrected chi connectivity index (χ4v) is 7.32. The summed E-state index contributed by atoms with van der Waals surface area (Å²) in [6.07, 6.45) is 5.02. The Kier molecular flexibility index (Phi) is 8.61. The average Bonchev–Trinajstić information content (AvgIpc) is 3.29. The summed E-state index contributed by atoms with van der Waals surface area (Å²) < 4.78 is 30.8. The van der Waals surface area contributed by atoms with Gasteiger partial charge in [-0.25, -0.2) is 8.78 Å². The molecule has 4 aliphatic rings. The second-order valence-electron chi connectivity index (χ2n) is 11.9. The SMILES string of the molecule is O=C1CCC(N2Cc3cc(CCCN4CCC(N5CC=C(c6cccc(Cl)c6Cl)CC5)C(F)(F)C4)ccc3C2=O)C(=O)N1. The predicted octanol–water partition coefficient (Wildman–Crippen LogP) is 5.19. The Morgan fingerprint density at radius 2 is 1.84 bits per heavy atom. The van der Waals surface area contributed by atoms with E-state index in [1.807, 2.05) is 40.1 Å². The summed E-state index contributed by atoms with van der Waals surface area (Å²) >= 11 is 12.5. The molecule has 0 aromatic heterocycles. The standard InChI is InChI=1S/C32H34Cl2F2N4O3/c33-25-5-1-4-23(29(25)34)21-10-15-39(16-11-21)27-12-14-38(19-32(27,35)36)13-2-3-20-6-7-24-22(17-20)18-40(31(24)43)26-8-9-28(41)37-30(26)42/h1,4-7,10,17,26-27H,2-3,8-9,11-16,18-19H2,(H,37,41,42). The average molecular weight is 632 g/mol. The van der Waals surface area contributed by atoms with Crippen LogP contribution in [-0.4, -0.2) is 83.2 Å². The third-order valence-corrected chi connectivity index (χ3v) is 9.97. The zero-order valence-electron chi connectivity index (χ0n) is 23.8. The van der Waals surface area contributed by atoms with Gasteiger partial charge in [-0.05, 0) is 73.0 Å². The Hall–Kier alpha value is -2.85. The molecular weight excluding hydrogens is 597 g/mol. The molecule has 2 aromatic carbocycles. The van der Waals surface area contributed by atoms with Gasteiger partial charge in [-0.1, -0.05) is 53.5 Å². The number of hydrogen-bond acceptors (Lipinski definition) is 5. The highest BCUT2D eigenvalue weighted by atomic mass is 35.5. The summed E-state index contributed by atoms with van der Waals surface area (Å²) in [5.74, 6) is -3.75.